The van der Waals surface area contributed by atoms with Crippen molar-refractivity contribution < 1.29 is 9.59 Å². The summed E-state index contributed by atoms with van der Waals surface area (Å²) in [7, 11) is 0. The first-order valence-electron chi connectivity index (χ1n) is 9.67. The third-order valence-corrected chi connectivity index (χ3v) is 4.49. The Morgan fingerprint density at radius 3 is 2.61 bits per heavy atom. The Bertz CT molecular complexity index is 814. The molecular formula is C21H27N5O2. The fourth-order valence-electron chi connectivity index (χ4n) is 3.11. The second kappa shape index (κ2) is 9.21. The Hall–Kier alpha value is -3.09. The molecule has 28 heavy (non-hydrogen) atoms. The molecule has 0 spiro atoms. The molecular weight excluding hydrogens is 354 g/mol. The lowest BCUT2D eigenvalue weighted by Crippen LogP contribution is -2.34. The van der Waals surface area contributed by atoms with E-state index in [9.17, 15) is 9.59 Å². The summed E-state index contributed by atoms with van der Waals surface area (Å²) < 4.78 is 0. The van der Waals surface area contributed by atoms with Crippen molar-refractivity contribution in [2.75, 3.05) is 23.3 Å². The normalized spacial score (nSPS) is 13.5. The van der Waals surface area contributed by atoms with Gasteiger partial charge in [-0.3, -0.25) is 4.79 Å². The van der Waals surface area contributed by atoms with Crippen LogP contribution in [-0.2, 0) is 6.54 Å². The van der Waals surface area contributed by atoms with Crippen LogP contribution in [0.1, 0.15) is 42.6 Å². The molecule has 1 fully saturated rings. The SMILES string of the molecule is CC(C)NC(=O)Nc1cccc(C(=O)NCc2ccc(N3CCCC3)nc2)c1. The number of hydrogen-bond acceptors (Lipinski definition) is 4. The first-order valence-corrected chi connectivity index (χ1v) is 9.67. The highest BCUT2D eigenvalue weighted by atomic mass is 16.2. The number of aromatic nitrogens is 1. The lowest BCUT2D eigenvalue weighted by Gasteiger charge is -2.16. The summed E-state index contributed by atoms with van der Waals surface area (Å²) in [6, 6.07) is 10.6. The van der Waals surface area contributed by atoms with Crippen LogP contribution in [0.25, 0.3) is 0 Å². The van der Waals surface area contributed by atoms with Crippen molar-refractivity contribution in [1.82, 2.24) is 15.6 Å². The number of carbonyl (C=O) groups is 2. The van der Waals surface area contributed by atoms with E-state index < -0.39 is 0 Å². The second-order valence-electron chi connectivity index (χ2n) is 7.24. The smallest absolute Gasteiger partial charge is 0.319 e. The van der Waals surface area contributed by atoms with Gasteiger partial charge in [0.25, 0.3) is 5.91 Å². The van der Waals surface area contributed by atoms with Gasteiger partial charge in [0, 0.05) is 43.1 Å². The van der Waals surface area contributed by atoms with Gasteiger partial charge < -0.3 is 20.9 Å². The number of hydrogen-bond donors (Lipinski definition) is 3. The second-order valence-corrected chi connectivity index (χ2v) is 7.24. The van der Waals surface area contributed by atoms with Gasteiger partial charge in [-0.15, -0.1) is 0 Å². The summed E-state index contributed by atoms with van der Waals surface area (Å²) in [5, 5.41) is 8.38. The summed E-state index contributed by atoms with van der Waals surface area (Å²) in [6.07, 6.45) is 4.24. The topological polar surface area (TPSA) is 86.4 Å². The fraction of sp³-hybridized carbons (Fsp3) is 0.381. The van der Waals surface area contributed by atoms with Crippen molar-refractivity contribution in [3.63, 3.8) is 0 Å². The van der Waals surface area contributed by atoms with E-state index in [0.717, 1.165) is 24.5 Å². The zero-order valence-electron chi connectivity index (χ0n) is 16.4. The van der Waals surface area contributed by atoms with Crippen molar-refractivity contribution in [2.45, 2.75) is 39.3 Å². The molecule has 0 radical (unpaired) electrons. The number of rotatable bonds is 6. The number of benzene rings is 1. The predicted octanol–water partition coefficient (Wildman–Crippen LogP) is 3.14. The Morgan fingerprint density at radius 2 is 1.93 bits per heavy atom. The number of carbonyl (C=O) groups excluding carboxylic acids is 2. The summed E-state index contributed by atoms with van der Waals surface area (Å²) >= 11 is 0. The van der Waals surface area contributed by atoms with Crippen LogP contribution in [0.5, 0.6) is 0 Å². The van der Waals surface area contributed by atoms with E-state index in [1.807, 2.05) is 32.2 Å². The van der Waals surface area contributed by atoms with Crippen LogP contribution < -0.4 is 20.9 Å². The fourth-order valence-corrected chi connectivity index (χ4v) is 3.11. The number of urea groups is 1. The molecule has 1 aliphatic rings. The third kappa shape index (κ3) is 5.45. The average Bonchev–Trinajstić information content (AvgIpc) is 3.21. The highest BCUT2D eigenvalue weighted by Crippen LogP contribution is 2.17. The summed E-state index contributed by atoms with van der Waals surface area (Å²) in [4.78, 5) is 31.0. The van der Waals surface area contributed by atoms with Crippen molar-refractivity contribution in [3.05, 3.63) is 53.7 Å². The average molecular weight is 381 g/mol. The standard InChI is InChI=1S/C21H27N5O2/c1-15(2)24-21(28)25-18-7-5-6-17(12-18)20(27)23-14-16-8-9-19(22-13-16)26-10-3-4-11-26/h5-9,12-13,15H,3-4,10-11,14H2,1-2H3,(H,23,27)(H2,24,25,28). The van der Waals surface area contributed by atoms with Gasteiger partial charge in [-0.25, -0.2) is 9.78 Å². The molecule has 7 heteroatoms. The Balaban J connectivity index is 1.54. The first kappa shape index (κ1) is 19.7. The maximum absolute atomic E-state index is 12.4. The van der Waals surface area contributed by atoms with Crippen LogP contribution in [0.4, 0.5) is 16.3 Å². The maximum atomic E-state index is 12.4. The molecule has 0 unspecified atom stereocenters. The molecule has 2 heterocycles. The van der Waals surface area contributed by atoms with E-state index in [2.05, 4.69) is 25.8 Å². The molecule has 2 aromatic rings. The Labute approximate surface area is 165 Å². The number of nitrogens with zero attached hydrogens (tertiary/aromatic N) is 2. The van der Waals surface area contributed by atoms with Gasteiger partial charge in [0.15, 0.2) is 0 Å². The first-order chi connectivity index (χ1) is 13.5. The van der Waals surface area contributed by atoms with Crippen LogP contribution in [-0.4, -0.2) is 36.1 Å². The van der Waals surface area contributed by atoms with Crippen molar-refractivity contribution in [2.24, 2.45) is 0 Å². The molecule has 3 N–H and O–H groups in total. The third-order valence-electron chi connectivity index (χ3n) is 4.49. The van der Waals surface area contributed by atoms with Gasteiger partial charge in [-0.1, -0.05) is 12.1 Å². The lowest BCUT2D eigenvalue weighted by atomic mass is 10.2. The van der Waals surface area contributed by atoms with E-state index in [1.54, 1.807) is 24.3 Å². The van der Waals surface area contributed by atoms with Gasteiger partial charge in [0.2, 0.25) is 0 Å². The number of anilines is 2. The minimum atomic E-state index is -0.295. The molecule has 0 aliphatic carbocycles. The zero-order chi connectivity index (χ0) is 19.9. The van der Waals surface area contributed by atoms with E-state index in [4.69, 9.17) is 0 Å². The maximum Gasteiger partial charge on any atom is 0.319 e. The van der Waals surface area contributed by atoms with Crippen LogP contribution in [0.2, 0.25) is 0 Å². The molecule has 148 valence electrons. The van der Waals surface area contributed by atoms with Crippen LogP contribution in [0, 0.1) is 0 Å². The minimum absolute atomic E-state index is 0.0388. The summed E-state index contributed by atoms with van der Waals surface area (Å²) in [5.41, 5.74) is 2.01. The number of amides is 3. The van der Waals surface area contributed by atoms with Crippen molar-refractivity contribution >= 4 is 23.4 Å². The number of nitrogens with one attached hydrogen (secondary N) is 3. The Morgan fingerprint density at radius 1 is 1.14 bits per heavy atom. The van der Waals surface area contributed by atoms with Gasteiger partial charge >= 0.3 is 6.03 Å². The monoisotopic (exact) mass is 381 g/mol. The molecule has 1 aromatic carbocycles. The van der Waals surface area contributed by atoms with Crippen molar-refractivity contribution in [1.29, 1.82) is 0 Å². The Kier molecular flexibility index (Phi) is 6.47. The van der Waals surface area contributed by atoms with Crippen LogP contribution >= 0.6 is 0 Å². The van der Waals surface area contributed by atoms with E-state index in [0.29, 0.717) is 17.8 Å². The zero-order valence-corrected chi connectivity index (χ0v) is 16.4. The largest absolute Gasteiger partial charge is 0.357 e. The van der Waals surface area contributed by atoms with E-state index in [1.165, 1.54) is 12.8 Å². The predicted molar refractivity (Wildman–Crippen MR) is 111 cm³/mol. The molecule has 0 atom stereocenters. The molecule has 1 aromatic heterocycles. The lowest BCUT2D eigenvalue weighted by molar-refractivity contribution is 0.0951. The summed E-state index contributed by atoms with van der Waals surface area (Å²) in [6.45, 7) is 6.29. The van der Waals surface area contributed by atoms with E-state index >= 15 is 0 Å². The van der Waals surface area contributed by atoms with Gasteiger partial charge in [0.1, 0.15) is 5.82 Å². The molecule has 7 nitrogen and oxygen atoms in total. The molecule has 1 saturated heterocycles. The van der Waals surface area contributed by atoms with Gasteiger partial charge in [-0.05, 0) is 56.5 Å². The number of pyridine rings is 1. The van der Waals surface area contributed by atoms with Crippen LogP contribution in [0.15, 0.2) is 42.6 Å². The van der Waals surface area contributed by atoms with Crippen LogP contribution in [0.3, 0.4) is 0 Å². The molecule has 3 rings (SSSR count). The molecule has 1 aliphatic heterocycles. The van der Waals surface area contributed by atoms with Crippen molar-refractivity contribution in [3.8, 4) is 0 Å². The summed E-state index contributed by atoms with van der Waals surface area (Å²) in [5.74, 6) is 0.794. The molecule has 3 amide bonds. The van der Waals surface area contributed by atoms with Gasteiger partial charge in [-0.2, -0.15) is 0 Å². The molecule has 0 saturated carbocycles. The highest BCUT2D eigenvalue weighted by molar-refractivity contribution is 5.96. The van der Waals surface area contributed by atoms with E-state index in [-0.39, 0.29) is 18.0 Å². The quantitative estimate of drug-likeness (QED) is 0.717. The van der Waals surface area contributed by atoms with Gasteiger partial charge in [0.05, 0.1) is 0 Å². The minimum Gasteiger partial charge on any atom is -0.357 e. The highest BCUT2D eigenvalue weighted by Gasteiger charge is 2.13. The molecule has 0 bridgehead atoms.